The molecule has 1 fully saturated rings. The number of nitrogens with one attached hydrogen (secondary N) is 2. The van der Waals surface area contributed by atoms with Crippen LogP contribution in [-0.2, 0) is 11.2 Å². The number of para-hydroxylation sites is 2. The molecule has 7 heteroatoms. The van der Waals surface area contributed by atoms with E-state index in [2.05, 4.69) is 67.1 Å². The summed E-state index contributed by atoms with van der Waals surface area (Å²) in [5.74, 6) is 1.21. The summed E-state index contributed by atoms with van der Waals surface area (Å²) >= 11 is 0. The van der Waals surface area contributed by atoms with Crippen molar-refractivity contribution in [2.45, 2.75) is 12.8 Å². The van der Waals surface area contributed by atoms with Crippen molar-refractivity contribution in [1.82, 2.24) is 15.2 Å². The predicted octanol–water partition coefficient (Wildman–Crippen LogP) is 3.50. The maximum absolute atomic E-state index is 5.47. The van der Waals surface area contributed by atoms with Gasteiger partial charge < -0.3 is 20.3 Å². The molecule has 0 saturated carbocycles. The highest BCUT2D eigenvalue weighted by molar-refractivity contribution is 5.74. The van der Waals surface area contributed by atoms with Crippen LogP contribution in [0.3, 0.4) is 0 Å². The molecule has 1 aliphatic heterocycles. The molecule has 4 rings (SSSR count). The molecule has 150 valence electrons. The van der Waals surface area contributed by atoms with Crippen LogP contribution in [0.4, 0.5) is 23.1 Å². The Morgan fingerprint density at radius 1 is 0.966 bits per heavy atom. The number of anilines is 4. The highest BCUT2D eigenvalue weighted by atomic mass is 16.5. The summed E-state index contributed by atoms with van der Waals surface area (Å²) in [6.45, 7) is 4.06. The van der Waals surface area contributed by atoms with E-state index in [4.69, 9.17) is 4.74 Å². The number of hydrogen-bond donors (Lipinski definition) is 2. The zero-order valence-corrected chi connectivity index (χ0v) is 16.4. The topological polar surface area (TPSA) is 75.2 Å². The summed E-state index contributed by atoms with van der Waals surface area (Å²) < 4.78 is 5.47. The Labute approximate surface area is 171 Å². The number of hydrogen-bond acceptors (Lipinski definition) is 7. The van der Waals surface area contributed by atoms with Gasteiger partial charge in [-0.2, -0.15) is 10.1 Å². The van der Waals surface area contributed by atoms with Crippen LogP contribution in [0.25, 0.3) is 0 Å². The first-order valence-electron chi connectivity index (χ1n) is 10.0. The van der Waals surface area contributed by atoms with Gasteiger partial charge >= 0.3 is 0 Å². The summed E-state index contributed by atoms with van der Waals surface area (Å²) in [5.41, 5.74) is 3.49. The van der Waals surface area contributed by atoms with Crippen LogP contribution in [0.5, 0.6) is 0 Å². The first kappa shape index (κ1) is 19.1. The van der Waals surface area contributed by atoms with E-state index in [9.17, 15) is 0 Å². The van der Waals surface area contributed by atoms with Crippen LogP contribution in [0.2, 0.25) is 0 Å². The van der Waals surface area contributed by atoms with Gasteiger partial charge in [-0.15, -0.1) is 5.10 Å². The van der Waals surface area contributed by atoms with Crippen LogP contribution >= 0.6 is 0 Å². The highest BCUT2D eigenvalue weighted by Gasteiger charge is 2.15. The monoisotopic (exact) mass is 390 g/mol. The molecule has 7 nitrogen and oxygen atoms in total. The smallest absolute Gasteiger partial charge is 0.244 e. The lowest BCUT2D eigenvalue weighted by Gasteiger charge is -2.30. The van der Waals surface area contributed by atoms with Crippen LogP contribution in [0.15, 0.2) is 60.8 Å². The molecule has 1 aromatic heterocycles. The third-order valence-electron chi connectivity index (χ3n) is 4.85. The molecule has 0 radical (unpaired) electrons. The molecule has 0 spiro atoms. The predicted molar refractivity (Wildman–Crippen MR) is 116 cm³/mol. The van der Waals surface area contributed by atoms with E-state index >= 15 is 0 Å². The molecule has 0 amide bonds. The van der Waals surface area contributed by atoms with Gasteiger partial charge in [-0.3, -0.25) is 0 Å². The van der Waals surface area contributed by atoms with Crippen LogP contribution < -0.4 is 15.5 Å². The summed E-state index contributed by atoms with van der Waals surface area (Å²) in [6.07, 6.45) is 3.67. The largest absolute Gasteiger partial charge is 0.378 e. The fourth-order valence-corrected chi connectivity index (χ4v) is 3.37. The van der Waals surface area contributed by atoms with Gasteiger partial charge in [0, 0.05) is 19.6 Å². The molecule has 1 saturated heterocycles. The Morgan fingerprint density at radius 3 is 2.62 bits per heavy atom. The van der Waals surface area contributed by atoms with Gasteiger partial charge in [0.1, 0.15) is 0 Å². The third-order valence-corrected chi connectivity index (χ3v) is 4.85. The van der Waals surface area contributed by atoms with Gasteiger partial charge in [0.15, 0.2) is 5.82 Å². The Morgan fingerprint density at radius 2 is 1.76 bits per heavy atom. The van der Waals surface area contributed by atoms with Crippen molar-refractivity contribution in [3.63, 3.8) is 0 Å². The minimum atomic E-state index is 0.534. The number of benzene rings is 2. The molecule has 3 aromatic rings. The lowest BCUT2D eigenvalue weighted by atomic mass is 10.1. The fourth-order valence-electron chi connectivity index (χ4n) is 3.37. The summed E-state index contributed by atoms with van der Waals surface area (Å²) in [4.78, 5) is 6.88. The summed E-state index contributed by atoms with van der Waals surface area (Å²) in [6, 6.07) is 18.7. The molecule has 0 atom stereocenters. The molecular weight excluding hydrogens is 364 g/mol. The number of ether oxygens (including phenoxy) is 1. The SMILES string of the molecule is c1ccc(CCCNc2nncc(Nc3ccccc3N3CCOCC3)n2)cc1. The van der Waals surface area contributed by atoms with Crippen molar-refractivity contribution < 1.29 is 4.74 Å². The minimum Gasteiger partial charge on any atom is -0.378 e. The fraction of sp³-hybridized carbons (Fsp3) is 0.318. The second-order valence-corrected chi connectivity index (χ2v) is 6.92. The van der Waals surface area contributed by atoms with Gasteiger partial charge in [0.2, 0.25) is 5.95 Å². The van der Waals surface area contributed by atoms with E-state index in [1.807, 2.05) is 18.2 Å². The standard InChI is InChI=1S/C22H26N6O/c1-2-7-18(8-3-1)9-6-12-23-22-26-21(17-24-27-22)25-19-10-4-5-11-20(19)28-13-15-29-16-14-28/h1-5,7-8,10-11,17H,6,9,12-16H2,(H2,23,25,26,27). The minimum absolute atomic E-state index is 0.534. The van der Waals surface area contributed by atoms with E-state index in [1.165, 1.54) is 5.56 Å². The van der Waals surface area contributed by atoms with E-state index < -0.39 is 0 Å². The molecule has 0 aliphatic carbocycles. The average Bonchev–Trinajstić information content (AvgIpc) is 2.79. The van der Waals surface area contributed by atoms with Gasteiger partial charge in [-0.1, -0.05) is 42.5 Å². The number of rotatable bonds is 8. The lowest BCUT2D eigenvalue weighted by molar-refractivity contribution is 0.123. The maximum Gasteiger partial charge on any atom is 0.244 e. The summed E-state index contributed by atoms with van der Waals surface area (Å²) in [7, 11) is 0. The van der Waals surface area contributed by atoms with Crippen molar-refractivity contribution in [2.75, 3.05) is 48.4 Å². The first-order valence-corrected chi connectivity index (χ1v) is 10.0. The normalized spacial score (nSPS) is 13.9. The molecule has 0 unspecified atom stereocenters. The highest BCUT2D eigenvalue weighted by Crippen LogP contribution is 2.28. The molecule has 0 bridgehead atoms. The first-order chi connectivity index (χ1) is 14.4. The van der Waals surface area contributed by atoms with E-state index in [0.717, 1.165) is 57.1 Å². The molecule has 1 aliphatic rings. The zero-order valence-electron chi connectivity index (χ0n) is 16.4. The van der Waals surface area contributed by atoms with Gasteiger partial charge in [0.05, 0.1) is 30.8 Å². The molecule has 2 heterocycles. The number of morpholine rings is 1. The van der Waals surface area contributed by atoms with Crippen LogP contribution in [0.1, 0.15) is 12.0 Å². The number of nitrogens with zero attached hydrogens (tertiary/aromatic N) is 4. The molecular formula is C22H26N6O. The van der Waals surface area contributed by atoms with Gasteiger partial charge in [-0.25, -0.2) is 0 Å². The van der Waals surface area contributed by atoms with Crippen molar-refractivity contribution >= 4 is 23.1 Å². The quantitative estimate of drug-likeness (QED) is 0.570. The second kappa shape index (κ2) is 9.84. The Hall–Kier alpha value is -3.19. The van der Waals surface area contributed by atoms with E-state index in [1.54, 1.807) is 6.20 Å². The van der Waals surface area contributed by atoms with Crippen LogP contribution in [-0.4, -0.2) is 48.0 Å². The second-order valence-electron chi connectivity index (χ2n) is 6.92. The van der Waals surface area contributed by atoms with Crippen molar-refractivity contribution in [3.05, 3.63) is 66.4 Å². The lowest BCUT2D eigenvalue weighted by Crippen LogP contribution is -2.36. The van der Waals surface area contributed by atoms with E-state index in [-0.39, 0.29) is 0 Å². The van der Waals surface area contributed by atoms with E-state index in [0.29, 0.717) is 11.8 Å². The third kappa shape index (κ3) is 5.42. The van der Waals surface area contributed by atoms with Crippen LogP contribution in [0, 0.1) is 0 Å². The Kier molecular flexibility index (Phi) is 6.49. The average molecular weight is 390 g/mol. The molecule has 29 heavy (non-hydrogen) atoms. The van der Waals surface area contributed by atoms with Gasteiger partial charge in [-0.05, 0) is 30.5 Å². The summed E-state index contributed by atoms with van der Waals surface area (Å²) in [5, 5.41) is 14.8. The zero-order chi connectivity index (χ0) is 19.7. The Balaban J connectivity index is 1.35. The number of aromatic nitrogens is 3. The molecule has 2 aromatic carbocycles. The van der Waals surface area contributed by atoms with Crippen molar-refractivity contribution in [1.29, 1.82) is 0 Å². The molecule has 2 N–H and O–H groups in total. The van der Waals surface area contributed by atoms with Crippen molar-refractivity contribution in [3.8, 4) is 0 Å². The maximum atomic E-state index is 5.47. The Bertz CT molecular complexity index is 899. The van der Waals surface area contributed by atoms with Crippen molar-refractivity contribution in [2.24, 2.45) is 0 Å². The van der Waals surface area contributed by atoms with Gasteiger partial charge in [0.25, 0.3) is 0 Å². The number of aryl methyl sites for hydroxylation is 1.